The number of hydrogen-bond acceptors (Lipinski definition) is 1. The van der Waals surface area contributed by atoms with Crippen LogP contribution in [0.25, 0.3) is 0 Å². The highest BCUT2D eigenvalue weighted by atomic mass is 32.1. The molecule has 0 saturated heterocycles. The summed E-state index contributed by atoms with van der Waals surface area (Å²) in [6, 6.07) is 0. The van der Waals surface area contributed by atoms with E-state index in [1.54, 1.807) is 11.1 Å². The zero-order valence-corrected chi connectivity index (χ0v) is 9.87. The van der Waals surface area contributed by atoms with Crippen LogP contribution in [-0.4, -0.2) is 5.25 Å². The lowest BCUT2D eigenvalue weighted by Crippen LogP contribution is -1.92. The molecule has 1 unspecified atom stereocenters. The van der Waals surface area contributed by atoms with Crippen LogP contribution in [-0.2, 0) is 0 Å². The molecule has 0 N–H and O–H groups in total. The van der Waals surface area contributed by atoms with Crippen molar-refractivity contribution in [2.24, 2.45) is 0 Å². The lowest BCUT2D eigenvalue weighted by Gasteiger charge is -2.07. The molecule has 0 heterocycles. The van der Waals surface area contributed by atoms with Crippen LogP contribution in [0.2, 0.25) is 0 Å². The largest absolute Gasteiger partial charge is 0.176 e. The van der Waals surface area contributed by atoms with Gasteiger partial charge in [-0.05, 0) is 57.1 Å². The Morgan fingerprint density at radius 3 is 2.54 bits per heavy atom. The van der Waals surface area contributed by atoms with Crippen molar-refractivity contribution in [1.29, 1.82) is 0 Å². The Kier molecular flexibility index (Phi) is 4.93. The van der Waals surface area contributed by atoms with Crippen molar-refractivity contribution in [3.05, 3.63) is 11.1 Å². The maximum absolute atomic E-state index is 4.39. The van der Waals surface area contributed by atoms with E-state index in [2.05, 4.69) is 26.5 Å². The molecule has 1 atom stereocenters. The second-order valence-corrected chi connectivity index (χ2v) is 5.21. The normalized spacial score (nSPS) is 19.2. The minimum absolute atomic E-state index is 0.571. The summed E-state index contributed by atoms with van der Waals surface area (Å²) >= 11 is 4.39. The molecule has 76 valence electrons. The first-order chi connectivity index (χ1) is 6.20. The van der Waals surface area contributed by atoms with E-state index < -0.39 is 0 Å². The Hall–Kier alpha value is 0.0900. The standard InChI is InChI=1S/C12H22S/c1-10(6-5-7-11(2)13)12-8-3-4-9-12/h11,13H,3-9H2,1-2H3. The molecule has 1 heteroatoms. The van der Waals surface area contributed by atoms with Crippen molar-refractivity contribution < 1.29 is 0 Å². The van der Waals surface area contributed by atoms with Crippen molar-refractivity contribution in [3.8, 4) is 0 Å². The fourth-order valence-corrected chi connectivity index (χ4v) is 2.25. The summed E-state index contributed by atoms with van der Waals surface area (Å²) < 4.78 is 0. The molecule has 0 aliphatic heterocycles. The zero-order valence-electron chi connectivity index (χ0n) is 8.97. The van der Waals surface area contributed by atoms with Crippen molar-refractivity contribution in [3.63, 3.8) is 0 Å². The summed E-state index contributed by atoms with van der Waals surface area (Å²) in [5.41, 5.74) is 3.43. The van der Waals surface area contributed by atoms with Crippen molar-refractivity contribution in [2.45, 2.75) is 64.0 Å². The molecular weight excluding hydrogens is 176 g/mol. The molecule has 0 aromatic heterocycles. The highest BCUT2D eigenvalue weighted by Gasteiger charge is 2.09. The monoisotopic (exact) mass is 198 g/mol. The predicted octanol–water partition coefficient (Wildman–Crippen LogP) is 4.37. The molecular formula is C12H22S. The van der Waals surface area contributed by atoms with E-state index >= 15 is 0 Å². The minimum Gasteiger partial charge on any atom is -0.176 e. The van der Waals surface area contributed by atoms with Crippen LogP contribution in [0.3, 0.4) is 0 Å². The summed E-state index contributed by atoms with van der Waals surface area (Å²) in [6.45, 7) is 4.50. The van der Waals surface area contributed by atoms with Gasteiger partial charge in [0.15, 0.2) is 0 Å². The highest BCUT2D eigenvalue weighted by Crippen LogP contribution is 2.28. The summed E-state index contributed by atoms with van der Waals surface area (Å²) in [4.78, 5) is 0. The quantitative estimate of drug-likeness (QED) is 0.503. The van der Waals surface area contributed by atoms with Gasteiger partial charge in [-0.1, -0.05) is 18.1 Å². The van der Waals surface area contributed by atoms with Crippen molar-refractivity contribution in [2.75, 3.05) is 0 Å². The van der Waals surface area contributed by atoms with E-state index in [0.29, 0.717) is 5.25 Å². The van der Waals surface area contributed by atoms with Gasteiger partial charge in [-0.25, -0.2) is 0 Å². The van der Waals surface area contributed by atoms with Crippen LogP contribution in [0.4, 0.5) is 0 Å². The second-order valence-electron chi connectivity index (χ2n) is 4.33. The molecule has 1 rings (SSSR count). The molecule has 1 fully saturated rings. The summed E-state index contributed by atoms with van der Waals surface area (Å²) in [6.07, 6.45) is 9.49. The highest BCUT2D eigenvalue weighted by molar-refractivity contribution is 7.80. The first-order valence-corrected chi connectivity index (χ1v) is 6.07. The summed E-state index contributed by atoms with van der Waals surface area (Å²) in [7, 11) is 0. The average Bonchev–Trinajstić information content (AvgIpc) is 2.55. The van der Waals surface area contributed by atoms with Gasteiger partial charge in [-0.3, -0.25) is 0 Å². The van der Waals surface area contributed by atoms with E-state index in [1.165, 1.54) is 44.9 Å². The Morgan fingerprint density at radius 1 is 1.38 bits per heavy atom. The third-order valence-electron chi connectivity index (χ3n) is 2.98. The number of thiol groups is 1. The van der Waals surface area contributed by atoms with Gasteiger partial charge in [0.2, 0.25) is 0 Å². The molecule has 0 amide bonds. The molecule has 1 aliphatic rings. The SMILES string of the molecule is CC(CCCC(C)S)=C1CCCC1. The fraction of sp³-hybridized carbons (Fsp3) is 0.833. The second kappa shape index (κ2) is 5.74. The average molecular weight is 198 g/mol. The van der Waals surface area contributed by atoms with Gasteiger partial charge < -0.3 is 0 Å². The lowest BCUT2D eigenvalue weighted by molar-refractivity contribution is 0.721. The first-order valence-electron chi connectivity index (χ1n) is 5.55. The smallest absolute Gasteiger partial charge is 0.00115 e. The number of allylic oxidation sites excluding steroid dienone is 2. The third-order valence-corrected chi connectivity index (χ3v) is 3.24. The van der Waals surface area contributed by atoms with E-state index in [9.17, 15) is 0 Å². The third kappa shape index (κ3) is 4.21. The lowest BCUT2D eigenvalue weighted by atomic mass is 10.0. The van der Waals surface area contributed by atoms with Gasteiger partial charge in [-0.15, -0.1) is 0 Å². The topological polar surface area (TPSA) is 0 Å². The van der Waals surface area contributed by atoms with E-state index in [4.69, 9.17) is 0 Å². The molecule has 0 nitrogen and oxygen atoms in total. The molecule has 1 saturated carbocycles. The zero-order chi connectivity index (χ0) is 9.68. The van der Waals surface area contributed by atoms with Gasteiger partial charge in [0, 0.05) is 0 Å². The fourth-order valence-electron chi connectivity index (χ4n) is 2.07. The van der Waals surface area contributed by atoms with E-state index in [-0.39, 0.29) is 0 Å². The van der Waals surface area contributed by atoms with Gasteiger partial charge >= 0.3 is 0 Å². The maximum Gasteiger partial charge on any atom is -0.00115 e. The molecule has 13 heavy (non-hydrogen) atoms. The Labute approximate surface area is 88.2 Å². The minimum atomic E-state index is 0.571. The van der Waals surface area contributed by atoms with Crippen LogP contribution in [0.15, 0.2) is 11.1 Å². The van der Waals surface area contributed by atoms with Gasteiger partial charge in [-0.2, -0.15) is 12.6 Å². The van der Waals surface area contributed by atoms with Crippen LogP contribution >= 0.6 is 12.6 Å². The number of hydrogen-bond donors (Lipinski definition) is 1. The van der Waals surface area contributed by atoms with E-state index in [0.717, 1.165) is 0 Å². The Balaban J connectivity index is 2.23. The van der Waals surface area contributed by atoms with Crippen LogP contribution in [0.5, 0.6) is 0 Å². The van der Waals surface area contributed by atoms with Crippen LogP contribution < -0.4 is 0 Å². The molecule has 0 bridgehead atoms. The molecule has 0 aromatic rings. The Morgan fingerprint density at radius 2 is 2.00 bits per heavy atom. The van der Waals surface area contributed by atoms with Crippen molar-refractivity contribution >= 4 is 12.6 Å². The van der Waals surface area contributed by atoms with Gasteiger partial charge in [0.05, 0.1) is 0 Å². The van der Waals surface area contributed by atoms with Crippen LogP contribution in [0.1, 0.15) is 58.8 Å². The predicted molar refractivity (Wildman–Crippen MR) is 63.5 cm³/mol. The van der Waals surface area contributed by atoms with Crippen LogP contribution in [0, 0.1) is 0 Å². The van der Waals surface area contributed by atoms with Crippen molar-refractivity contribution in [1.82, 2.24) is 0 Å². The van der Waals surface area contributed by atoms with E-state index in [1.807, 2.05) is 0 Å². The molecule has 0 aromatic carbocycles. The van der Waals surface area contributed by atoms with Gasteiger partial charge in [0.25, 0.3) is 0 Å². The molecule has 1 aliphatic carbocycles. The number of rotatable bonds is 4. The first kappa shape index (κ1) is 11.2. The summed E-state index contributed by atoms with van der Waals surface area (Å²) in [5, 5.41) is 0.571. The Bertz CT molecular complexity index is 172. The maximum atomic E-state index is 4.39. The van der Waals surface area contributed by atoms with Gasteiger partial charge in [0.1, 0.15) is 0 Å². The summed E-state index contributed by atoms with van der Waals surface area (Å²) in [5.74, 6) is 0. The molecule has 0 spiro atoms. The molecule has 0 radical (unpaired) electrons.